The van der Waals surface area contributed by atoms with Gasteiger partial charge in [0.1, 0.15) is 29.4 Å². The van der Waals surface area contributed by atoms with Gasteiger partial charge in [0.25, 0.3) is 0 Å². The molecule has 1 radical (unpaired) electrons. The first-order valence-corrected chi connectivity index (χ1v) is 12.7. The number of pyridine rings is 1. The number of fused-ring (bicyclic) bond motifs is 3. The zero-order chi connectivity index (χ0) is 22.0. The molecule has 34 heavy (non-hydrogen) atoms. The Balaban J connectivity index is 0.00000241. The summed E-state index contributed by atoms with van der Waals surface area (Å²) in [7, 11) is -1.24. The van der Waals surface area contributed by atoms with Crippen molar-refractivity contribution in [1.29, 1.82) is 0 Å². The average molecular weight is 630 g/mol. The fourth-order valence-electron chi connectivity index (χ4n) is 4.61. The Morgan fingerprint density at radius 2 is 1.12 bits per heavy atom. The molecule has 1 nitrogen and oxygen atoms in total. The van der Waals surface area contributed by atoms with Crippen LogP contribution in [-0.4, -0.2) is 4.98 Å². The van der Waals surface area contributed by atoms with Crippen molar-refractivity contribution in [2.75, 3.05) is 0 Å². The second-order valence-electron chi connectivity index (χ2n) is 8.09. The van der Waals surface area contributed by atoms with E-state index < -0.39 is 7.92 Å². The summed E-state index contributed by atoms with van der Waals surface area (Å²) in [6.07, 6.45) is 0. The number of para-hydroxylation sites is 1. The van der Waals surface area contributed by atoms with E-state index in [2.05, 4.69) is 121 Å². The van der Waals surface area contributed by atoms with E-state index in [0.717, 1.165) is 22.2 Å². The summed E-state index contributed by atoms with van der Waals surface area (Å²) in [4.78, 5) is 5.34. The molecule has 0 aliphatic carbocycles. The maximum atomic E-state index is 5.34. The summed E-state index contributed by atoms with van der Waals surface area (Å²) in [5, 5.41) is 7.65. The smallest absolute Gasteiger partial charge is 0.292 e. The van der Waals surface area contributed by atoms with Crippen molar-refractivity contribution >= 4 is 45.5 Å². The second-order valence-corrected chi connectivity index (χ2v) is 10.5. The molecule has 6 aromatic rings. The van der Waals surface area contributed by atoms with Gasteiger partial charge in [-0.05, 0) is 46.8 Å². The number of nitrogens with zero attached hydrogens (tertiary/aromatic N) is 1. The Labute approximate surface area is 214 Å². The third-order valence-corrected chi connectivity index (χ3v) is 8.85. The second kappa shape index (κ2) is 9.99. The van der Waals surface area contributed by atoms with E-state index in [0.29, 0.717) is 0 Å². The molecule has 0 atom stereocenters. The van der Waals surface area contributed by atoms with E-state index in [4.69, 9.17) is 4.98 Å². The normalized spacial score (nSPS) is 11.0. The van der Waals surface area contributed by atoms with Gasteiger partial charge in [0.2, 0.25) is 0 Å². The van der Waals surface area contributed by atoms with Crippen LogP contribution in [0, 0.1) is 6.07 Å². The zero-order valence-electron chi connectivity index (χ0n) is 18.4. The van der Waals surface area contributed by atoms with Crippen molar-refractivity contribution in [3.63, 3.8) is 0 Å². The molecular weight excluding hydrogens is 608 g/mol. The van der Waals surface area contributed by atoms with Gasteiger partial charge in [0.15, 0.2) is 0 Å². The van der Waals surface area contributed by atoms with E-state index in [1.165, 1.54) is 26.7 Å². The van der Waals surface area contributed by atoms with Gasteiger partial charge in [-0.2, -0.15) is 0 Å². The molecule has 0 spiro atoms. The fourth-order valence-corrected chi connectivity index (χ4v) is 7.31. The van der Waals surface area contributed by atoms with E-state index in [1.807, 2.05) is 12.1 Å². The van der Waals surface area contributed by atoms with Crippen molar-refractivity contribution in [3.05, 3.63) is 133 Å². The number of hydrogen-bond donors (Lipinski definition) is 0. The van der Waals surface area contributed by atoms with Gasteiger partial charge in [0, 0.05) is 5.39 Å². The van der Waals surface area contributed by atoms with Crippen molar-refractivity contribution in [2.45, 2.75) is 0 Å². The van der Waals surface area contributed by atoms with Gasteiger partial charge in [0.05, 0.1) is 0 Å². The molecule has 0 saturated carbocycles. The van der Waals surface area contributed by atoms with Gasteiger partial charge in [-0.3, -0.25) is 4.98 Å². The van der Waals surface area contributed by atoms with Gasteiger partial charge in [-0.15, -0.1) is 35.9 Å². The van der Waals surface area contributed by atoms with Crippen molar-refractivity contribution in [2.24, 2.45) is 0 Å². The van der Waals surface area contributed by atoms with Crippen molar-refractivity contribution in [3.8, 4) is 11.3 Å². The molecule has 1 aromatic heterocycles. The zero-order valence-corrected chi connectivity index (χ0v) is 22.0. The van der Waals surface area contributed by atoms with Crippen LogP contribution in [0.3, 0.4) is 0 Å². The predicted molar refractivity (Wildman–Crippen MR) is 144 cm³/mol. The molecule has 0 N–H and O–H groups in total. The molecule has 1 heterocycles. The van der Waals surface area contributed by atoms with Crippen LogP contribution in [-0.2, 0) is 19.8 Å². The molecule has 0 bridgehead atoms. The van der Waals surface area contributed by atoms with Crippen LogP contribution in [0.2, 0.25) is 0 Å². The summed E-state index contributed by atoms with van der Waals surface area (Å²) in [5.74, 6) is 0. The van der Waals surface area contributed by atoms with Crippen LogP contribution < -0.4 is 15.9 Å². The number of rotatable bonds is 4. The molecule has 0 aliphatic heterocycles. The van der Waals surface area contributed by atoms with Crippen LogP contribution in [0.15, 0.2) is 127 Å². The maximum Gasteiger partial charge on any atom is 1.00 e. The minimum atomic E-state index is -1.24. The first kappa shape index (κ1) is 22.6. The van der Waals surface area contributed by atoms with Crippen LogP contribution in [0.5, 0.6) is 0 Å². The molecule has 3 heteroatoms. The molecule has 163 valence electrons. The van der Waals surface area contributed by atoms with E-state index in [-0.39, 0.29) is 19.8 Å². The molecule has 0 unspecified atom stereocenters. The van der Waals surface area contributed by atoms with Crippen molar-refractivity contribution in [1.82, 2.24) is 4.98 Å². The number of benzene rings is 5. The fraction of sp³-hybridized carbons (Fsp3) is 0. The predicted octanol–water partition coefficient (Wildman–Crippen LogP) is 6.34. The summed E-state index contributed by atoms with van der Waals surface area (Å²) in [6, 6.07) is 48.6. The van der Waals surface area contributed by atoms with Crippen LogP contribution in [0.1, 0.15) is 0 Å². The number of hydrogen-bond acceptors (Lipinski definition) is 1. The summed E-state index contributed by atoms with van der Waals surface area (Å²) >= 11 is 0. The Morgan fingerprint density at radius 3 is 1.76 bits per heavy atom. The third kappa shape index (κ3) is 4.10. The molecule has 0 amide bonds. The topological polar surface area (TPSA) is 12.9 Å². The summed E-state index contributed by atoms with van der Waals surface area (Å²) in [5.41, 5.74) is 3.11. The Kier molecular flexibility index (Phi) is 6.65. The quantitative estimate of drug-likeness (QED) is 0.126. The monoisotopic (exact) mass is 631 g/mol. The first-order chi connectivity index (χ1) is 16.4. The van der Waals surface area contributed by atoms with Gasteiger partial charge < -0.3 is 0 Å². The Hall–Kier alpha value is -3.16. The maximum absolute atomic E-state index is 5.34. The third-order valence-electron chi connectivity index (χ3n) is 6.09. The SMILES string of the molecule is [Os+].[c-]1ccccc1-c1nc2c([PH+](c3ccccc3)c3ccccc3)cccc2c2ccccc12. The summed E-state index contributed by atoms with van der Waals surface area (Å²) < 4.78 is 0. The van der Waals surface area contributed by atoms with Crippen molar-refractivity contribution < 1.29 is 19.8 Å². The minimum absolute atomic E-state index is 0. The summed E-state index contributed by atoms with van der Waals surface area (Å²) in [6.45, 7) is 0. The molecule has 0 aliphatic rings. The number of aromatic nitrogens is 1. The molecule has 0 saturated heterocycles. The van der Waals surface area contributed by atoms with E-state index in [9.17, 15) is 0 Å². The minimum Gasteiger partial charge on any atom is -0.292 e. The van der Waals surface area contributed by atoms with Crippen LogP contribution >= 0.6 is 7.92 Å². The molecule has 6 rings (SSSR count). The molecule has 5 aromatic carbocycles. The van der Waals surface area contributed by atoms with E-state index >= 15 is 0 Å². The first-order valence-electron chi connectivity index (χ1n) is 11.2. The molecular formula is C31H22NOsP+. The Morgan fingerprint density at radius 1 is 0.529 bits per heavy atom. The van der Waals surface area contributed by atoms with Crippen LogP contribution in [0.4, 0.5) is 0 Å². The van der Waals surface area contributed by atoms with Gasteiger partial charge in [-0.1, -0.05) is 72.8 Å². The average Bonchev–Trinajstić information content (AvgIpc) is 2.90. The molecule has 0 fully saturated rings. The Bertz CT molecular complexity index is 1510. The largest absolute Gasteiger partial charge is 1.00 e. The van der Waals surface area contributed by atoms with E-state index in [1.54, 1.807) is 0 Å². The van der Waals surface area contributed by atoms with Gasteiger partial charge >= 0.3 is 19.8 Å². The van der Waals surface area contributed by atoms with Gasteiger partial charge in [-0.25, -0.2) is 0 Å². The van der Waals surface area contributed by atoms with Crippen LogP contribution in [0.25, 0.3) is 32.9 Å². The standard InChI is InChI=1S/C31H21NP.Os/c1-4-13-23(14-5-1)30-27-20-11-10-19-26(27)28-21-12-22-29(31(28)32-30)33(24-15-6-2-7-16-24)25-17-8-3-9-18-25;/h1-13,15-22H;/q-1;+1/p+1.